The van der Waals surface area contributed by atoms with Crippen molar-refractivity contribution in [3.8, 4) is 0 Å². The van der Waals surface area contributed by atoms with Crippen molar-refractivity contribution < 1.29 is 0 Å². The van der Waals surface area contributed by atoms with Gasteiger partial charge in [-0.3, -0.25) is 0 Å². The van der Waals surface area contributed by atoms with Crippen LogP contribution in [-0.4, -0.2) is 61.6 Å². The molecular formula is C13H24N4S. The summed E-state index contributed by atoms with van der Waals surface area (Å²) in [5.41, 5.74) is 1.17. The molecule has 0 spiro atoms. The van der Waals surface area contributed by atoms with E-state index in [1.54, 1.807) is 11.3 Å². The lowest BCUT2D eigenvalue weighted by atomic mass is 10.1. The van der Waals surface area contributed by atoms with Gasteiger partial charge in [0.05, 0.1) is 10.7 Å². The summed E-state index contributed by atoms with van der Waals surface area (Å²) < 4.78 is 0. The lowest BCUT2D eigenvalue weighted by molar-refractivity contribution is 0.114. The molecule has 2 atom stereocenters. The van der Waals surface area contributed by atoms with Crippen LogP contribution in [0.1, 0.15) is 23.7 Å². The van der Waals surface area contributed by atoms with Crippen molar-refractivity contribution in [1.82, 2.24) is 20.1 Å². The van der Waals surface area contributed by atoms with Crippen molar-refractivity contribution in [3.63, 3.8) is 0 Å². The highest BCUT2D eigenvalue weighted by atomic mass is 32.1. The third-order valence-corrected chi connectivity index (χ3v) is 4.73. The number of nitrogens with one attached hydrogen (secondary N) is 1. The molecule has 0 radical (unpaired) electrons. The Hall–Kier alpha value is -0.490. The molecule has 1 aromatic heterocycles. The number of rotatable bonds is 4. The van der Waals surface area contributed by atoms with E-state index in [-0.39, 0.29) is 0 Å². The van der Waals surface area contributed by atoms with E-state index in [0.29, 0.717) is 12.1 Å². The molecule has 1 fully saturated rings. The number of nitrogens with zero attached hydrogens (tertiary/aromatic N) is 3. The first kappa shape index (κ1) is 13.9. The summed E-state index contributed by atoms with van der Waals surface area (Å²) in [4.78, 5) is 9.62. The molecular weight excluding hydrogens is 244 g/mol. The Labute approximate surface area is 114 Å². The van der Waals surface area contributed by atoms with Crippen molar-refractivity contribution in [3.05, 3.63) is 16.1 Å². The van der Waals surface area contributed by atoms with Crippen LogP contribution in [0.4, 0.5) is 0 Å². The summed E-state index contributed by atoms with van der Waals surface area (Å²) in [5, 5.41) is 6.69. The van der Waals surface area contributed by atoms with Gasteiger partial charge in [0.25, 0.3) is 0 Å². The van der Waals surface area contributed by atoms with E-state index in [1.807, 2.05) is 7.05 Å². The number of hydrogen-bond acceptors (Lipinski definition) is 5. The maximum atomic E-state index is 4.75. The summed E-state index contributed by atoms with van der Waals surface area (Å²) in [7, 11) is 6.41. The molecule has 0 saturated carbocycles. The van der Waals surface area contributed by atoms with E-state index < -0.39 is 0 Å². The molecule has 4 nitrogen and oxygen atoms in total. The fourth-order valence-corrected chi connectivity index (χ4v) is 3.25. The van der Waals surface area contributed by atoms with Gasteiger partial charge in [0.2, 0.25) is 0 Å². The minimum absolute atomic E-state index is 0.349. The first-order valence-corrected chi connectivity index (χ1v) is 7.48. The maximum absolute atomic E-state index is 4.75. The van der Waals surface area contributed by atoms with E-state index >= 15 is 0 Å². The number of thiazole rings is 1. The molecule has 2 rings (SSSR count). The van der Waals surface area contributed by atoms with Crippen LogP contribution in [0, 0.1) is 0 Å². The SMILES string of the molecule is CNC(C)c1csc(CC2CN(C)CCN2C)n1. The minimum Gasteiger partial charge on any atom is -0.312 e. The van der Waals surface area contributed by atoms with E-state index in [2.05, 4.69) is 41.5 Å². The Morgan fingerprint density at radius 1 is 1.50 bits per heavy atom. The number of likely N-dealkylation sites (N-methyl/N-ethyl adjacent to an activating group) is 2. The van der Waals surface area contributed by atoms with Crippen LogP contribution >= 0.6 is 11.3 Å². The second-order valence-corrected chi connectivity index (χ2v) is 6.22. The largest absolute Gasteiger partial charge is 0.312 e. The molecule has 1 aliphatic heterocycles. The zero-order valence-corrected chi connectivity index (χ0v) is 12.6. The highest BCUT2D eigenvalue weighted by molar-refractivity contribution is 7.09. The van der Waals surface area contributed by atoms with Gasteiger partial charge < -0.3 is 15.1 Å². The number of piperazine rings is 1. The maximum Gasteiger partial charge on any atom is 0.0945 e. The monoisotopic (exact) mass is 268 g/mol. The molecule has 1 aromatic rings. The van der Waals surface area contributed by atoms with Gasteiger partial charge in [-0.15, -0.1) is 11.3 Å². The van der Waals surface area contributed by atoms with Crippen molar-refractivity contribution in [2.75, 3.05) is 40.8 Å². The highest BCUT2D eigenvalue weighted by Gasteiger charge is 2.23. The molecule has 0 amide bonds. The quantitative estimate of drug-likeness (QED) is 0.889. The molecule has 1 N–H and O–H groups in total. The smallest absolute Gasteiger partial charge is 0.0945 e. The van der Waals surface area contributed by atoms with Crippen LogP contribution in [0.2, 0.25) is 0 Å². The van der Waals surface area contributed by atoms with Gasteiger partial charge in [-0.25, -0.2) is 4.98 Å². The topological polar surface area (TPSA) is 31.4 Å². The summed E-state index contributed by atoms with van der Waals surface area (Å²) >= 11 is 1.79. The highest BCUT2D eigenvalue weighted by Crippen LogP contribution is 2.19. The predicted molar refractivity (Wildman–Crippen MR) is 77.2 cm³/mol. The average molecular weight is 268 g/mol. The second kappa shape index (κ2) is 6.10. The van der Waals surface area contributed by atoms with E-state index in [9.17, 15) is 0 Å². The molecule has 1 saturated heterocycles. The molecule has 5 heteroatoms. The summed E-state index contributed by atoms with van der Waals surface area (Å²) in [6.07, 6.45) is 1.07. The van der Waals surface area contributed by atoms with E-state index in [1.165, 1.54) is 17.2 Å². The van der Waals surface area contributed by atoms with Gasteiger partial charge in [0.15, 0.2) is 0 Å². The number of hydrogen-bond donors (Lipinski definition) is 1. The first-order chi connectivity index (χ1) is 8.60. The van der Waals surface area contributed by atoms with Crippen LogP contribution in [0.3, 0.4) is 0 Å². The number of aromatic nitrogens is 1. The van der Waals surface area contributed by atoms with Crippen LogP contribution in [-0.2, 0) is 6.42 Å². The van der Waals surface area contributed by atoms with Gasteiger partial charge in [-0.05, 0) is 28.1 Å². The van der Waals surface area contributed by atoms with Crippen LogP contribution in [0.25, 0.3) is 0 Å². The molecule has 18 heavy (non-hydrogen) atoms. The average Bonchev–Trinajstić information content (AvgIpc) is 2.81. The standard InChI is InChI=1S/C13H24N4S/c1-10(14-2)12-9-18-13(15-12)7-11-8-16(3)5-6-17(11)4/h9-11,14H,5-8H2,1-4H3. The van der Waals surface area contributed by atoms with Gasteiger partial charge in [0, 0.05) is 43.5 Å². The lowest BCUT2D eigenvalue weighted by Crippen LogP contribution is -2.50. The normalized spacial score (nSPS) is 24.3. The summed E-state index contributed by atoms with van der Waals surface area (Å²) in [5.74, 6) is 0. The molecule has 2 heterocycles. The Balaban J connectivity index is 1.98. The van der Waals surface area contributed by atoms with Crippen molar-refractivity contribution in [2.45, 2.75) is 25.4 Å². The molecule has 0 aliphatic carbocycles. The Bertz CT molecular complexity index is 379. The van der Waals surface area contributed by atoms with Gasteiger partial charge in [-0.2, -0.15) is 0 Å². The van der Waals surface area contributed by atoms with Crippen LogP contribution in [0.5, 0.6) is 0 Å². The third-order valence-electron chi connectivity index (χ3n) is 3.84. The Morgan fingerprint density at radius 3 is 3.00 bits per heavy atom. The van der Waals surface area contributed by atoms with Crippen LogP contribution in [0.15, 0.2) is 5.38 Å². The van der Waals surface area contributed by atoms with Crippen molar-refractivity contribution >= 4 is 11.3 Å². The third kappa shape index (κ3) is 3.29. The summed E-state index contributed by atoms with van der Waals surface area (Å²) in [6.45, 7) is 5.63. The predicted octanol–water partition coefficient (Wildman–Crippen LogP) is 1.21. The summed E-state index contributed by atoms with van der Waals surface area (Å²) in [6, 6.07) is 0.953. The molecule has 0 aromatic carbocycles. The van der Waals surface area contributed by atoms with Crippen LogP contribution < -0.4 is 5.32 Å². The van der Waals surface area contributed by atoms with E-state index in [0.717, 1.165) is 19.5 Å². The second-order valence-electron chi connectivity index (χ2n) is 5.28. The van der Waals surface area contributed by atoms with Crippen molar-refractivity contribution in [2.24, 2.45) is 0 Å². The van der Waals surface area contributed by atoms with Gasteiger partial charge >= 0.3 is 0 Å². The fraction of sp³-hybridized carbons (Fsp3) is 0.769. The molecule has 102 valence electrons. The first-order valence-electron chi connectivity index (χ1n) is 6.60. The van der Waals surface area contributed by atoms with E-state index in [4.69, 9.17) is 4.98 Å². The Morgan fingerprint density at radius 2 is 2.28 bits per heavy atom. The van der Waals surface area contributed by atoms with Crippen molar-refractivity contribution in [1.29, 1.82) is 0 Å². The lowest BCUT2D eigenvalue weighted by Gasteiger charge is -2.37. The minimum atomic E-state index is 0.349. The Kier molecular flexibility index (Phi) is 4.72. The molecule has 1 aliphatic rings. The zero-order valence-electron chi connectivity index (χ0n) is 11.8. The zero-order chi connectivity index (χ0) is 13.1. The fourth-order valence-electron chi connectivity index (χ4n) is 2.29. The molecule has 2 unspecified atom stereocenters. The van der Waals surface area contributed by atoms with Gasteiger partial charge in [-0.1, -0.05) is 0 Å². The van der Waals surface area contributed by atoms with Gasteiger partial charge in [0.1, 0.15) is 0 Å². The molecule has 0 bridgehead atoms.